The maximum absolute atomic E-state index is 4.40. The molecule has 0 saturated heterocycles. The predicted molar refractivity (Wildman–Crippen MR) is 167 cm³/mol. The third kappa shape index (κ3) is 5.49. The van der Waals surface area contributed by atoms with E-state index in [1.165, 1.54) is 38.9 Å². The summed E-state index contributed by atoms with van der Waals surface area (Å²) in [7, 11) is 0. The second kappa shape index (κ2) is 11.5. The van der Waals surface area contributed by atoms with E-state index in [0.717, 1.165) is 17.7 Å². The fourth-order valence-corrected chi connectivity index (χ4v) is 5.28. The average Bonchev–Trinajstić information content (AvgIpc) is 3.05. The Labute approximate surface area is 237 Å². The van der Waals surface area contributed by atoms with Crippen LogP contribution in [0.1, 0.15) is 23.6 Å². The molecule has 0 aliphatic heterocycles. The molecule has 1 atom stereocenters. The number of aromatic nitrogens is 1. The summed E-state index contributed by atoms with van der Waals surface area (Å²) in [5.74, 6) is 0. The van der Waals surface area contributed by atoms with Crippen LogP contribution in [-0.4, -0.2) is 4.98 Å². The lowest BCUT2D eigenvalue weighted by atomic mass is 9.81. The van der Waals surface area contributed by atoms with Crippen LogP contribution < -0.4 is 5.32 Å². The fourth-order valence-electron chi connectivity index (χ4n) is 5.28. The Hall–Kier alpha value is -4.79. The highest BCUT2D eigenvalue weighted by Gasteiger charge is 2.29. The molecule has 0 aliphatic carbocycles. The molecule has 0 saturated carbocycles. The molecule has 40 heavy (non-hydrogen) atoms. The maximum atomic E-state index is 4.40. The zero-order chi connectivity index (χ0) is 27.2. The average molecular weight is 517 g/mol. The quantitative estimate of drug-likeness (QED) is 0.218. The molecular formula is C38H32N2. The highest BCUT2D eigenvalue weighted by Crippen LogP contribution is 2.36. The van der Waals surface area contributed by atoms with Gasteiger partial charge in [0.2, 0.25) is 0 Å². The summed E-state index contributed by atoms with van der Waals surface area (Å²) in [4.78, 5) is 4.40. The van der Waals surface area contributed by atoms with Gasteiger partial charge in [0.25, 0.3) is 0 Å². The molecule has 1 unspecified atom stereocenters. The second-order valence-electron chi connectivity index (χ2n) is 10.3. The summed E-state index contributed by atoms with van der Waals surface area (Å²) in [6.45, 7) is 3.02. The van der Waals surface area contributed by atoms with E-state index in [4.69, 9.17) is 0 Å². The first kappa shape index (κ1) is 25.5. The molecule has 1 aromatic heterocycles. The SMILES string of the molecule is CC(NCc1ccc(-c2ccccc2)cc1)(c1ccccc1)c1cc(-c2ccccc2)cc(-c2cccnc2)c1. The zero-order valence-electron chi connectivity index (χ0n) is 22.7. The topological polar surface area (TPSA) is 24.9 Å². The van der Waals surface area contributed by atoms with Gasteiger partial charge in [-0.15, -0.1) is 0 Å². The van der Waals surface area contributed by atoms with Gasteiger partial charge in [-0.2, -0.15) is 0 Å². The number of benzene rings is 5. The van der Waals surface area contributed by atoms with Gasteiger partial charge < -0.3 is 0 Å². The molecule has 0 amide bonds. The Morgan fingerprint density at radius 3 is 1.62 bits per heavy atom. The second-order valence-corrected chi connectivity index (χ2v) is 10.3. The first-order valence-electron chi connectivity index (χ1n) is 13.8. The molecule has 194 valence electrons. The normalized spacial score (nSPS) is 12.5. The molecule has 6 aromatic rings. The van der Waals surface area contributed by atoms with Gasteiger partial charge >= 0.3 is 0 Å². The molecule has 6 rings (SSSR count). The lowest BCUT2D eigenvalue weighted by molar-refractivity contribution is 0.436. The Morgan fingerprint density at radius 1 is 0.500 bits per heavy atom. The highest BCUT2D eigenvalue weighted by molar-refractivity contribution is 5.74. The van der Waals surface area contributed by atoms with Gasteiger partial charge in [0, 0.05) is 24.5 Å². The molecule has 0 bridgehead atoms. The fraction of sp³-hybridized carbons (Fsp3) is 0.0789. The molecule has 0 radical (unpaired) electrons. The van der Waals surface area contributed by atoms with E-state index in [0.29, 0.717) is 0 Å². The van der Waals surface area contributed by atoms with E-state index in [9.17, 15) is 0 Å². The van der Waals surface area contributed by atoms with Crippen molar-refractivity contribution in [2.75, 3.05) is 0 Å². The molecule has 5 aromatic carbocycles. The van der Waals surface area contributed by atoms with Crippen LogP contribution in [-0.2, 0) is 12.1 Å². The summed E-state index contributed by atoms with van der Waals surface area (Å²) >= 11 is 0. The van der Waals surface area contributed by atoms with Crippen LogP contribution in [0.15, 0.2) is 158 Å². The minimum atomic E-state index is -0.429. The lowest BCUT2D eigenvalue weighted by Crippen LogP contribution is -2.40. The van der Waals surface area contributed by atoms with Crippen LogP contribution in [0.25, 0.3) is 33.4 Å². The summed E-state index contributed by atoms with van der Waals surface area (Å²) in [5.41, 5.74) is 10.3. The van der Waals surface area contributed by atoms with Crippen LogP contribution in [0, 0.1) is 0 Å². The van der Waals surface area contributed by atoms with Crippen molar-refractivity contribution in [3.05, 3.63) is 175 Å². The number of nitrogens with one attached hydrogen (secondary N) is 1. The van der Waals surface area contributed by atoms with Crippen molar-refractivity contribution in [2.24, 2.45) is 0 Å². The van der Waals surface area contributed by atoms with Gasteiger partial charge in [0.05, 0.1) is 5.54 Å². The van der Waals surface area contributed by atoms with E-state index in [-0.39, 0.29) is 0 Å². The zero-order valence-corrected chi connectivity index (χ0v) is 22.7. The molecule has 2 heteroatoms. The van der Waals surface area contributed by atoms with Crippen LogP contribution in [0.5, 0.6) is 0 Å². The van der Waals surface area contributed by atoms with E-state index >= 15 is 0 Å². The molecule has 2 nitrogen and oxygen atoms in total. The third-order valence-corrected chi connectivity index (χ3v) is 7.67. The van der Waals surface area contributed by atoms with Gasteiger partial charge in [0.1, 0.15) is 0 Å². The molecule has 0 fully saturated rings. The Morgan fingerprint density at radius 2 is 1.02 bits per heavy atom. The van der Waals surface area contributed by atoms with E-state index in [2.05, 4.69) is 157 Å². The van der Waals surface area contributed by atoms with Crippen molar-refractivity contribution >= 4 is 0 Å². The van der Waals surface area contributed by atoms with Crippen molar-refractivity contribution in [1.29, 1.82) is 0 Å². The number of hydrogen-bond acceptors (Lipinski definition) is 2. The first-order chi connectivity index (χ1) is 19.7. The molecule has 0 spiro atoms. The Kier molecular flexibility index (Phi) is 7.34. The standard InChI is InChI=1S/C38H32N2/c1-38(36-17-9-4-10-18-36,40-27-29-19-21-32(22-20-29)30-12-5-2-6-13-30)37-25-34(31-14-7-3-8-15-31)24-35(26-37)33-16-11-23-39-28-33/h2-26,28,40H,27H2,1H3. The van der Waals surface area contributed by atoms with Crippen molar-refractivity contribution in [1.82, 2.24) is 10.3 Å². The summed E-state index contributed by atoms with van der Waals surface area (Å²) < 4.78 is 0. The van der Waals surface area contributed by atoms with Gasteiger partial charge in [0.15, 0.2) is 0 Å². The smallest absolute Gasteiger partial charge is 0.0664 e. The Balaban J connectivity index is 1.40. The monoisotopic (exact) mass is 516 g/mol. The number of pyridine rings is 1. The van der Waals surface area contributed by atoms with Gasteiger partial charge in [-0.05, 0) is 75.7 Å². The van der Waals surface area contributed by atoms with Crippen LogP contribution in [0.4, 0.5) is 0 Å². The minimum Gasteiger partial charge on any atom is -0.300 e. The largest absolute Gasteiger partial charge is 0.300 e. The molecule has 1 heterocycles. The Bertz CT molecular complexity index is 1610. The summed E-state index contributed by atoms with van der Waals surface area (Å²) in [5, 5.41) is 3.95. The van der Waals surface area contributed by atoms with Crippen molar-refractivity contribution in [2.45, 2.75) is 19.0 Å². The van der Waals surface area contributed by atoms with Crippen LogP contribution in [0.2, 0.25) is 0 Å². The van der Waals surface area contributed by atoms with Gasteiger partial charge in [-0.25, -0.2) is 0 Å². The van der Waals surface area contributed by atoms with Gasteiger partial charge in [-0.1, -0.05) is 121 Å². The van der Waals surface area contributed by atoms with Crippen molar-refractivity contribution in [3.8, 4) is 33.4 Å². The number of nitrogens with zero attached hydrogens (tertiary/aromatic N) is 1. The van der Waals surface area contributed by atoms with E-state index in [1.807, 2.05) is 18.5 Å². The van der Waals surface area contributed by atoms with Crippen LogP contribution in [0.3, 0.4) is 0 Å². The minimum absolute atomic E-state index is 0.429. The molecule has 0 aliphatic rings. The van der Waals surface area contributed by atoms with E-state index < -0.39 is 5.54 Å². The highest BCUT2D eigenvalue weighted by atomic mass is 15.0. The third-order valence-electron chi connectivity index (χ3n) is 7.67. The lowest BCUT2D eigenvalue weighted by Gasteiger charge is -2.33. The van der Waals surface area contributed by atoms with Crippen molar-refractivity contribution in [3.63, 3.8) is 0 Å². The number of hydrogen-bond donors (Lipinski definition) is 1. The van der Waals surface area contributed by atoms with Crippen molar-refractivity contribution < 1.29 is 0 Å². The first-order valence-corrected chi connectivity index (χ1v) is 13.8. The maximum Gasteiger partial charge on any atom is 0.0664 e. The van der Waals surface area contributed by atoms with Crippen LogP contribution >= 0.6 is 0 Å². The molecule has 1 N–H and O–H groups in total. The molecular weight excluding hydrogens is 484 g/mol. The predicted octanol–water partition coefficient (Wildman–Crippen LogP) is 9.14. The summed E-state index contributed by atoms with van der Waals surface area (Å²) in [6.07, 6.45) is 3.76. The van der Waals surface area contributed by atoms with E-state index in [1.54, 1.807) is 0 Å². The summed E-state index contributed by atoms with van der Waals surface area (Å²) in [6, 6.07) is 51.8. The van der Waals surface area contributed by atoms with Gasteiger partial charge in [-0.3, -0.25) is 10.3 Å². The number of rotatable bonds is 8.